The van der Waals surface area contributed by atoms with Gasteiger partial charge in [-0.15, -0.1) is 0 Å². The number of hydrogen-bond acceptors (Lipinski definition) is 5. The molecule has 4 rings (SSSR count). The van der Waals surface area contributed by atoms with E-state index in [-0.39, 0.29) is 5.91 Å². The van der Waals surface area contributed by atoms with Gasteiger partial charge in [-0.05, 0) is 55.2 Å². The van der Waals surface area contributed by atoms with Crippen molar-refractivity contribution in [3.8, 4) is 0 Å². The number of nitrogens with one attached hydrogen (secondary N) is 1. The zero-order valence-corrected chi connectivity index (χ0v) is 17.8. The van der Waals surface area contributed by atoms with E-state index in [4.69, 9.17) is 10.5 Å². The van der Waals surface area contributed by atoms with Crippen LogP contribution in [-0.4, -0.2) is 56.1 Å². The molecule has 0 unspecified atom stereocenters. The molecule has 0 bridgehead atoms. The topological polar surface area (TPSA) is 87.9 Å². The highest BCUT2D eigenvalue weighted by molar-refractivity contribution is 6.07. The highest BCUT2D eigenvalue weighted by Gasteiger charge is 2.18. The Morgan fingerprint density at radius 3 is 2.45 bits per heavy atom. The fourth-order valence-corrected chi connectivity index (χ4v) is 4.22. The summed E-state index contributed by atoms with van der Waals surface area (Å²) >= 11 is 0. The molecule has 0 spiro atoms. The first-order valence-corrected chi connectivity index (χ1v) is 11.0. The number of anilines is 2. The summed E-state index contributed by atoms with van der Waals surface area (Å²) in [5.41, 5.74) is 9.12. The predicted octanol–water partition coefficient (Wildman–Crippen LogP) is 2.86. The van der Waals surface area contributed by atoms with Gasteiger partial charge in [0.1, 0.15) is 0 Å². The van der Waals surface area contributed by atoms with Gasteiger partial charge in [0.15, 0.2) is 0 Å². The zero-order valence-electron chi connectivity index (χ0n) is 17.8. The molecule has 0 saturated carbocycles. The molecule has 3 N–H and O–H groups in total. The number of primary amides is 1. The van der Waals surface area contributed by atoms with Crippen molar-refractivity contribution in [2.45, 2.75) is 25.8 Å². The molecule has 164 valence electrons. The van der Waals surface area contributed by atoms with Gasteiger partial charge in [0.05, 0.1) is 24.6 Å². The standard InChI is InChI=1S/C24H30N4O3/c25-23(29)19-7-8-22(28-9-2-1-3-10-28)21(16-19)26-24(30)20-6-4-5-18(15-20)17-27-11-13-31-14-12-27/h4-8,15-16H,1-3,9-14,17H2,(H2,25,29)(H,26,30). The maximum atomic E-state index is 13.1. The van der Waals surface area contributed by atoms with E-state index in [1.165, 1.54) is 6.42 Å². The number of nitrogens with two attached hydrogens (primary N) is 1. The van der Waals surface area contributed by atoms with Crippen LogP contribution in [0.1, 0.15) is 45.5 Å². The Labute approximate surface area is 183 Å². The molecular weight excluding hydrogens is 392 g/mol. The minimum atomic E-state index is -0.506. The number of morpholine rings is 1. The molecule has 2 aliphatic rings. The first-order valence-electron chi connectivity index (χ1n) is 11.0. The summed E-state index contributed by atoms with van der Waals surface area (Å²) in [7, 11) is 0. The SMILES string of the molecule is NC(=O)c1ccc(N2CCCCC2)c(NC(=O)c2cccc(CN3CCOCC3)c2)c1. The Hall–Kier alpha value is -2.90. The Balaban J connectivity index is 1.53. The monoisotopic (exact) mass is 422 g/mol. The predicted molar refractivity (Wildman–Crippen MR) is 122 cm³/mol. The van der Waals surface area contributed by atoms with Gasteiger partial charge < -0.3 is 20.7 Å². The van der Waals surface area contributed by atoms with E-state index in [1.807, 2.05) is 30.3 Å². The second-order valence-electron chi connectivity index (χ2n) is 8.19. The van der Waals surface area contributed by atoms with E-state index in [0.717, 1.165) is 70.0 Å². The van der Waals surface area contributed by atoms with Crippen LogP contribution < -0.4 is 16.0 Å². The molecule has 31 heavy (non-hydrogen) atoms. The highest BCUT2D eigenvalue weighted by atomic mass is 16.5. The molecule has 2 fully saturated rings. The highest BCUT2D eigenvalue weighted by Crippen LogP contribution is 2.30. The molecule has 0 atom stereocenters. The summed E-state index contributed by atoms with van der Waals surface area (Å²) in [4.78, 5) is 29.4. The fourth-order valence-electron chi connectivity index (χ4n) is 4.22. The number of benzene rings is 2. The van der Waals surface area contributed by atoms with Crippen molar-refractivity contribution in [2.75, 3.05) is 49.6 Å². The van der Waals surface area contributed by atoms with E-state index in [9.17, 15) is 9.59 Å². The third-order valence-corrected chi connectivity index (χ3v) is 5.93. The molecule has 2 saturated heterocycles. The molecule has 7 heteroatoms. The first kappa shape index (κ1) is 21.3. The lowest BCUT2D eigenvalue weighted by Gasteiger charge is -2.30. The van der Waals surface area contributed by atoms with E-state index in [0.29, 0.717) is 16.8 Å². The number of hydrogen-bond donors (Lipinski definition) is 2. The summed E-state index contributed by atoms with van der Waals surface area (Å²) < 4.78 is 5.41. The summed E-state index contributed by atoms with van der Waals surface area (Å²) in [6, 6.07) is 13.0. The largest absolute Gasteiger partial charge is 0.379 e. The van der Waals surface area contributed by atoms with Crippen LogP contribution in [0, 0.1) is 0 Å². The lowest BCUT2D eigenvalue weighted by Crippen LogP contribution is -2.35. The maximum Gasteiger partial charge on any atom is 0.255 e. The van der Waals surface area contributed by atoms with E-state index >= 15 is 0 Å². The average Bonchev–Trinajstić information content (AvgIpc) is 2.80. The second-order valence-corrected chi connectivity index (χ2v) is 8.19. The molecule has 2 amide bonds. The number of carbonyl (C=O) groups excluding carboxylic acids is 2. The van der Waals surface area contributed by atoms with Crippen molar-refractivity contribution >= 4 is 23.2 Å². The summed E-state index contributed by atoms with van der Waals surface area (Å²) in [5.74, 6) is -0.697. The van der Waals surface area contributed by atoms with Crippen molar-refractivity contribution in [3.63, 3.8) is 0 Å². The number of piperidine rings is 1. The number of carbonyl (C=O) groups is 2. The average molecular weight is 423 g/mol. The number of nitrogens with zero attached hydrogens (tertiary/aromatic N) is 2. The van der Waals surface area contributed by atoms with Crippen LogP contribution in [0.5, 0.6) is 0 Å². The third-order valence-electron chi connectivity index (χ3n) is 5.93. The molecular formula is C24H30N4O3. The van der Waals surface area contributed by atoms with Gasteiger partial charge in [-0.3, -0.25) is 14.5 Å². The third kappa shape index (κ3) is 5.42. The van der Waals surface area contributed by atoms with Gasteiger partial charge in [-0.2, -0.15) is 0 Å². The molecule has 7 nitrogen and oxygen atoms in total. The molecule has 0 aliphatic carbocycles. The first-order chi connectivity index (χ1) is 15.1. The molecule has 2 aromatic carbocycles. The zero-order chi connectivity index (χ0) is 21.6. The number of ether oxygens (including phenoxy) is 1. The van der Waals surface area contributed by atoms with Crippen LogP contribution in [-0.2, 0) is 11.3 Å². The second kappa shape index (κ2) is 9.94. The van der Waals surface area contributed by atoms with Gasteiger partial charge in [0.2, 0.25) is 5.91 Å². The Kier molecular flexibility index (Phi) is 6.84. The minimum absolute atomic E-state index is 0.191. The normalized spacial score (nSPS) is 17.4. The Morgan fingerprint density at radius 2 is 1.71 bits per heavy atom. The number of rotatable bonds is 6. The molecule has 2 heterocycles. The van der Waals surface area contributed by atoms with E-state index in [2.05, 4.69) is 15.1 Å². The minimum Gasteiger partial charge on any atom is -0.379 e. The van der Waals surface area contributed by atoms with E-state index < -0.39 is 5.91 Å². The van der Waals surface area contributed by atoms with Crippen LogP contribution in [0.3, 0.4) is 0 Å². The van der Waals surface area contributed by atoms with Crippen LogP contribution in [0.4, 0.5) is 11.4 Å². The van der Waals surface area contributed by atoms with Crippen molar-refractivity contribution in [1.82, 2.24) is 4.90 Å². The van der Waals surface area contributed by atoms with Gasteiger partial charge in [-0.25, -0.2) is 0 Å². The van der Waals surface area contributed by atoms with Crippen molar-refractivity contribution in [3.05, 3.63) is 59.2 Å². The van der Waals surface area contributed by atoms with Gasteiger partial charge in [0, 0.05) is 43.9 Å². The summed E-state index contributed by atoms with van der Waals surface area (Å²) in [6.45, 7) is 5.96. The molecule has 2 aliphatic heterocycles. The van der Waals surface area contributed by atoms with E-state index in [1.54, 1.807) is 12.1 Å². The van der Waals surface area contributed by atoms with Gasteiger partial charge >= 0.3 is 0 Å². The Bertz CT molecular complexity index is 934. The Morgan fingerprint density at radius 1 is 0.935 bits per heavy atom. The van der Waals surface area contributed by atoms with Crippen LogP contribution >= 0.6 is 0 Å². The van der Waals surface area contributed by atoms with Gasteiger partial charge in [-0.1, -0.05) is 12.1 Å². The smallest absolute Gasteiger partial charge is 0.255 e. The summed E-state index contributed by atoms with van der Waals surface area (Å²) in [6.07, 6.45) is 3.45. The summed E-state index contributed by atoms with van der Waals surface area (Å²) in [5, 5.41) is 3.03. The lowest BCUT2D eigenvalue weighted by molar-refractivity contribution is 0.0342. The van der Waals surface area contributed by atoms with Crippen LogP contribution in [0.25, 0.3) is 0 Å². The van der Waals surface area contributed by atoms with Crippen LogP contribution in [0.2, 0.25) is 0 Å². The van der Waals surface area contributed by atoms with Crippen LogP contribution in [0.15, 0.2) is 42.5 Å². The number of amides is 2. The maximum absolute atomic E-state index is 13.1. The quantitative estimate of drug-likeness (QED) is 0.747. The molecule has 0 aromatic heterocycles. The van der Waals surface area contributed by atoms with Gasteiger partial charge in [0.25, 0.3) is 5.91 Å². The lowest BCUT2D eigenvalue weighted by atomic mass is 10.1. The fraction of sp³-hybridized carbons (Fsp3) is 0.417. The van der Waals surface area contributed by atoms with Crippen molar-refractivity contribution in [1.29, 1.82) is 0 Å². The molecule has 2 aromatic rings. The molecule has 0 radical (unpaired) electrons. The van der Waals surface area contributed by atoms with Crippen molar-refractivity contribution in [2.24, 2.45) is 5.73 Å². The van der Waals surface area contributed by atoms with Crippen molar-refractivity contribution < 1.29 is 14.3 Å².